The van der Waals surface area contributed by atoms with Gasteiger partial charge in [-0.2, -0.15) is 4.98 Å². The van der Waals surface area contributed by atoms with Gasteiger partial charge >= 0.3 is 0 Å². The normalized spacial score (nSPS) is 14.6. The van der Waals surface area contributed by atoms with E-state index in [0.717, 1.165) is 26.2 Å². The van der Waals surface area contributed by atoms with Gasteiger partial charge in [0, 0.05) is 43.8 Å². The number of para-hydroxylation sites is 1. The quantitative estimate of drug-likeness (QED) is 0.471. The van der Waals surface area contributed by atoms with Gasteiger partial charge in [-0.3, -0.25) is 4.72 Å². The summed E-state index contributed by atoms with van der Waals surface area (Å²) in [4.78, 5) is 15.5. The third kappa shape index (κ3) is 5.07. The fraction of sp³-hybridized carbons (Fsp3) is 0.316. The van der Waals surface area contributed by atoms with Gasteiger partial charge < -0.3 is 15.5 Å². The van der Waals surface area contributed by atoms with Crippen molar-refractivity contribution in [2.75, 3.05) is 53.4 Å². The summed E-state index contributed by atoms with van der Waals surface area (Å²) in [6.45, 7) is 3.47. The summed E-state index contributed by atoms with van der Waals surface area (Å²) in [6.07, 6.45) is 1.60. The lowest BCUT2D eigenvalue weighted by atomic mass is 10.3. The number of nitrogens with zero attached hydrogens (tertiary/aromatic N) is 4. The second-order valence-corrected chi connectivity index (χ2v) is 9.08. The standard InChI is InChI=1S/C19H22ClN7O2S/c20-17-12-15-16(13-23-17)24-19(27-9-6-21-7-10-27)25-18(15)22-8-11-30(28,29)26-14-4-2-1-3-5-14/h1-5,12-13,21,26H,6-11H2,(H,22,24,25). The Morgan fingerprint density at radius 2 is 1.90 bits per heavy atom. The van der Waals surface area contributed by atoms with Gasteiger partial charge in [-0.1, -0.05) is 29.8 Å². The first-order valence-electron chi connectivity index (χ1n) is 9.58. The first-order valence-corrected chi connectivity index (χ1v) is 11.6. The van der Waals surface area contributed by atoms with Crippen molar-refractivity contribution in [3.8, 4) is 0 Å². The molecule has 11 heteroatoms. The minimum atomic E-state index is -3.51. The van der Waals surface area contributed by atoms with Crippen LogP contribution in [0.1, 0.15) is 0 Å². The molecule has 1 fully saturated rings. The molecular weight excluding hydrogens is 426 g/mol. The molecule has 0 amide bonds. The van der Waals surface area contributed by atoms with E-state index in [1.54, 1.807) is 36.5 Å². The number of benzene rings is 1. The van der Waals surface area contributed by atoms with Crippen LogP contribution in [-0.2, 0) is 10.0 Å². The van der Waals surface area contributed by atoms with Gasteiger partial charge in [0.1, 0.15) is 11.0 Å². The van der Waals surface area contributed by atoms with Crippen LogP contribution in [0.3, 0.4) is 0 Å². The summed E-state index contributed by atoms with van der Waals surface area (Å²) in [5.41, 5.74) is 1.18. The lowest BCUT2D eigenvalue weighted by molar-refractivity contribution is 0.580. The number of piperazine rings is 1. The Hall–Kier alpha value is -2.69. The second-order valence-electron chi connectivity index (χ2n) is 6.85. The number of hydrogen-bond acceptors (Lipinski definition) is 8. The fourth-order valence-electron chi connectivity index (χ4n) is 3.18. The number of sulfonamides is 1. The number of halogens is 1. The molecule has 1 saturated heterocycles. The molecule has 0 unspecified atom stereocenters. The zero-order valence-electron chi connectivity index (χ0n) is 16.2. The van der Waals surface area contributed by atoms with Gasteiger partial charge in [-0.05, 0) is 18.2 Å². The van der Waals surface area contributed by atoms with Gasteiger partial charge in [-0.15, -0.1) is 0 Å². The average Bonchev–Trinajstić information content (AvgIpc) is 2.74. The van der Waals surface area contributed by atoms with E-state index in [-0.39, 0.29) is 12.3 Å². The Bertz CT molecular complexity index is 1120. The van der Waals surface area contributed by atoms with Crippen molar-refractivity contribution in [3.63, 3.8) is 0 Å². The summed E-state index contributed by atoms with van der Waals surface area (Å²) >= 11 is 6.06. The van der Waals surface area contributed by atoms with Crippen molar-refractivity contribution >= 4 is 50.0 Å². The topological polar surface area (TPSA) is 112 Å². The van der Waals surface area contributed by atoms with E-state index in [0.29, 0.717) is 33.5 Å². The Labute approximate surface area is 179 Å². The highest BCUT2D eigenvalue weighted by Crippen LogP contribution is 2.25. The number of aromatic nitrogens is 3. The zero-order valence-corrected chi connectivity index (χ0v) is 17.7. The molecule has 0 radical (unpaired) electrons. The molecule has 1 aliphatic heterocycles. The molecule has 1 aliphatic rings. The van der Waals surface area contributed by atoms with Gasteiger partial charge in [0.2, 0.25) is 16.0 Å². The van der Waals surface area contributed by atoms with Crippen molar-refractivity contribution < 1.29 is 8.42 Å². The molecule has 3 N–H and O–H groups in total. The number of rotatable bonds is 7. The molecule has 0 aliphatic carbocycles. The number of fused-ring (bicyclic) bond motifs is 1. The van der Waals surface area contributed by atoms with E-state index in [4.69, 9.17) is 11.6 Å². The Kier molecular flexibility index (Phi) is 6.16. The molecule has 30 heavy (non-hydrogen) atoms. The van der Waals surface area contributed by atoms with E-state index >= 15 is 0 Å². The van der Waals surface area contributed by atoms with Gasteiger partial charge in [0.15, 0.2) is 0 Å². The monoisotopic (exact) mass is 447 g/mol. The van der Waals surface area contributed by atoms with Crippen molar-refractivity contribution in [2.45, 2.75) is 0 Å². The Balaban J connectivity index is 1.52. The summed E-state index contributed by atoms with van der Waals surface area (Å²) in [6, 6.07) is 10.5. The molecule has 0 atom stereocenters. The summed E-state index contributed by atoms with van der Waals surface area (Å²) < 4.78 is 27.4. The van der Waals surface area contributed by atoms with Crippen LogP contribution in [0.25, 0.3) is 10.9 Å². The third-order valence-corrected chi connectivity index (χ3v) is 6.14. The summed E-state index contributed by atoms with van der Waals surface area (Å²) in [7, 11) is -3.51. The van der Waals surface area contributed by atoms with Crippen LogP contribution in [0.4, 0.5) is 17.5 Å². The van der Waals surface area contributed by atoms with Gasteiger partial charge in [0.25, 0.3) is 0 Å². The molecule has 0 spiro atoms. The van der Waals surface area contributed by atoms with E-state index in [1.807, 2.05) is 6.07 Å². The predicted octanol–water partition coefficient (Wildman–Crippen LogP) is 1.94. The maximum Gasteiger partial charge on any atom is 0.234 e. The van der Waals surface area contributed by atoms with Crippen LogP contribution in [0, 0.1) is 0 Å². The largest absolute Gasteiger partial charge is 0.368 e. The van der Waals surface area contributed by atoms with Gasteiger partial charge in [-0.25, -0.2) is 18.4 Å². The van der Waals surface area contributed by atoms with E-state index in [2.05, 4.69) is 35.2 Å². The Morgan fingerprint density at radius 1 is 1.13 bits per heavy atom. The number of pyridine rings is 1. The minimum absolute atomic E-state index is 0.116. The Morgan fingerprint density at radius 3 is 2.67 bits per heavy atom. The second kappa shape index (κ2) is 8.99. The maximum atomic E-state index is 12.4. The molecular formula is C19H22ClN7O2S. The maximum absolute atomic E-state index is 12.4. The first-order chi connectivity index (χ1) is 14.5. The SMILES string of the molecule is O=S(=O)(CCNc1nc(N2CCNCC2)nc2cnc(Cl)cc12)Nc1ccccc1. The highest BCUT2D eigenvalue weighted by molar-refractivity contribution is 7.92. The molecule has 0 saturated carbocycles. The van der Waals surface area contributed by atoms with Gasteiger partial charge in [0.05, 0.1) is 17.5 Å². The minimum Gasteiger partial charge on any atom is -0.368 e. The lowest BCUT2D eigenvalue weighted by Gasteiger charge is -2.28. The average molecular weight is 448 g/mol. The van der Waals surface area contributed by atoms with Crippen LogP contribution < -0.4 is 20.3 Å². The highest BCUT2D eigenvalue weighted by atomic mass is 35.5. The molecule has 158 valence electrons. The number of nitrogens with one attached hydrogen (secondary N) is 3. The third-order valence-electron chi connectivity index (χ3n) is 4.65. The van der Waals surface area contributed by atoms with Crippen molar-refractivity contribution in [3.05, 3.63) is 47.7 Å². The summed E-state index contributed by atoms with van der Waals surface area (Å²) in [5, 5.41) is 7.45. The van der Waals surface area contributed by atoms with Crippen LogP contribution in [0.2, 0.25) is 5.15 Å². The predicted molar refractivity (Wildman–Crippen MR) is 120 cm³/mol. The summed E-state index contributed by atoms with van der Waals surface area (Å²) in [5.74, 6) is 1.00. The molecule has 9 nitrogen and oxygen atoms in total. The van der Waals surface area contributed by atoms with Crippen LogP contribution >= 0.6 is 11.6 Å². The smallest absolute Gasteiger partial charge is 0.234 e. The van der Waals surface area contributed by atoms with E-state index < -0.39 is 10.0 Å². The number of anilines is 3. The van der Waals surface area contributed by atoms with Crippen LogP contribution in [0.15, 0.2) is 42.6 Å². The van der Waals surface area contributed by atoms with Crippen molar-refractivity contribution in [1.82, 2.24) is 20.3 Å². The molecule has 3 aromatic rings. The zero-order chi connectivity index (χ0) is 21.0. The molecule has 4 rings (SSSR count). The molecule has 3 heterocycles. The van der Waals surface area contributed by atoms with E-state index in [9.17, 15) is 8.42 Å². The van der Waals surface area contributed by atoms with E-state index in [1.165, 1.54) is 0 Å². The molecule has 0 bridgehead atoms. The van der Waals surface area contributed by atoms with Crippen molar-refractivity contribution in [2.24, 2.45) is 0 Å². The first kappa shape index (κ1) is 20.6. The van der Waals surface area contributed by atoms with Crippen LogP contribution in [-0.4, -0.2) is 61.8 Å². The van der Waals surface area contributed by atoms with Crippen LogP contribution in [0.5, 0.6) is 0 Å². The number of hydrogen-bond donors (Lipinski definition) is 3. The lowest BCUT2D eigenvalue weighted by Crippen LogP contribution is -2.44. The molecule has 2 aromatic heterocycles. The molecule has 1 aromatic carbocycles. The highest BCUT2D eigenvalue weighted by Gasteiger charge is 2.17. The fourth-order valence-corrected chi connectivity index (χ4v) is 4.30. The van der Waals surface area contributed by atoms with Crippen molar-refractivity contribution in [1.29, 1.82) is 0 Å².